The topological polar surface area (TPSA) is 54.3 Å². The summed E-state index contributed by atoms with van der Waals surface area (Å²) in [6.07, 6.45) is 0. The minimum absolute atomic E-state index is 0.0325. The number of hydrogen-bond donors (Lipinski definition) is 0. The van der Waals surface area contributed by atoms with Crippen molar-refractivity contribution in [1.29, 1.82) is 0 Å². The Balaban J connectivity index is 1.40. The molecule has 0 saturated carbocycles. The summed E-state index contributed by atoms with van der Waals surface area (Å²) in [6.45, 7) is 8.04. The van der Waals surface area contributed by atoms with Crippen LogP contribution >= 0.6 is 0 Å². The second kappa shape index (κ2) is 7.94. The molecule has 3 aromatic rings. The molecule has 0 N–H and O–H groups in total. The highest BCUT2D eigenvalue weighted by molar-refractivity contribution is 5.93. The van der Waals surface area contributed by atoms with Crippen LogP contribution in [-0.4, -0.2) is 56.9 Å². The number of carbonyl (C=O) groups excluding carboxylic acids is 1. The van der Waals surface area contributed by atoms with E-state index in [1.807, 2.05) is 42.2 Å². The average Bonchev–Trinajstić information content (AvgIpc) is 3.10. The number of aryl methyl sites for hydroxylation is 2. The van der Waals surface area contributed by atoms with Gasteiger partial charge in [0.25, 0.3) is 5.91 Å². The normalized spacial score (nSPS) is 15.0. The largest absolute Gasteiger partial charge is 0.335 e. The number of amides is 1. The van der Waals surface area contributed by atoms with Crippen molar-refractivity contribution in [1.82, 2.24) is 24.8 Å². The van der Waals surface area contributed by atoms with Crippen LogP contribution in [0.3, 0.4) is 0 Å². The summed E-state index contributed by atoms with van der Waals surface area (Å²) in [6, 6.07) is 18.3. The first-order valence-electron chi connectivity index (χ1n) is 9.67. The molecule has 4 rings (SSSR count). The van der Waals surface area contributed by atoms with E-state index in [9.17, 15) is 4.79 Å². The Morgan fingerprint density at radius 1 is 0.929 bits per heavy atom. The van der Waals surface area contributed by atoms with E-state index in [1.54, 1.807) is 0 Å². The van der Waals surface area contributed by atoms with Gasteiger partial charge >= 0.3 is 0 Å². The second-order valence-corrected chi connectivity index (χ2v) is 7.32. The van der Waals surface area contributed by atoms with Gasteiger partial charge in [-0.1, -0.05) is 48.0 Å². The van der Waals surface area contributed by atoms with Crippen LogP contribution in [0.5, 0.6) is 0 Å². The van der Waals surface area contributed by atoms with Gasteiger partial charge in [-0.25, -0.2) is 0 Å². The molecule has 144 valence electrons. The van der Waals surface area contributed by atoms with Crippen LogP contribution in [0.1, 0.15) is 27.3 Å². The van der Waals surface area contributed by atoms with E-state index in [0.29, 0.717) is 24.5 Å². The predicted molar refractivity (Wildman–Crippen MR) is 108 cm³/mol. The maximum absolute atomic E-state index is 13.0. The van der Waals surface area contributed by atoms with Crippen molar-refractivity contribution in [2.45, 2.75) is 20.4 Å². The molecule has 1 fully saturated rings. The maximum atomic E-state index is 13.0. The third-order valence-corrected chi connectivity index (χ3v) is 5.12. The van der Waals surface area contributed by atoms with Gasteiger partial charge in [-0.2, -0.15) is 9.90 Å². The molecule has 0 atom stereocenters. The van der Waals surface area contributed by atoms with Gasteiger partial charge in [0.05, 0.1) is 11.4 Å². The van der Waals surface area contributed by atoms with E-state index in [4.69, 9.17) is 0 Å². The van der Waals surface area contributed by atoms with Crippen LogP contribution in [-0.2, 0) is 6.54 Å². The van der Waals surface area contributed by atoms with Crippen LogP contribution in [0.2, 0.25) is 0 Å². The van der Waals surface area contributed by atoms with E-state index < -0.39 is 0 Å². The number of nitrogens with zero attached hydrogens (tertiary/aromatic N) is 5. The van der Waals surface area contributed by atoms with Crippen molar-refractivity contribution < 1.29 is 4.79 Å². The lowest BCUT2D eigenvalue weighted by Gasteiger charge is -2.34. The standard InChI is InChI=1S/C22H25N5O/c1-17-7-6-8-19(15-17)16-25-11-13-26(14-12-25)22(28)21-18(2)23-27(24-21)20-9-4-3-5-10-20/h3-10,15H,11-14,16H2,1-2H3. The van der Waals surface area contributed by atoms with Crippen molar-refractivity contribution in [2.24, 2.45) is 0 Å². The van der Waals surface area contributed by atoms with Crippen LogP contribution in [0, 0.1) is 13.8 Å². The van der Waals surface area contributed by atoms with E-state index in [-0.39, 0.29) is 5.91 Å². The number of benzene rings is 2. The molecule has 6 nitrogen and oxygen atoms in total. The zero-order valence-electron chi connectivity index (χ0n) is 16.4. The predicted octanol–water partition coefficient (Wildman–Crippen LogP) is 2.84. The zero-order valence-corrected chi connectivity index (χ0v) is 16.4. The minimum atomic E-state index is -0.0325. The van der Waals surface area contributed by atoms with Gasteiger partial charge < -0.3 is 4.90 Å². The van der Waals surface area contributed by atoms with Gasteiger partial charge in [0.15, 0.2) is 5.69 Å². The molecule has 1 aliphatic rings. The number of para-hydroxylation sites is 1. The van der Waals surface area contributed by atoms with Crippen LogP contribution < -0.4 is 0 Å². The molecule has 0 spiro atoms. The van der Waals surface area contributed by atoms with Crippen molar-refractivity contribution in [3.63, 3.8) is 0 Å². The smallest absolute Gasteiger partial charge is 0.276 e. The van der Waals surface area contributed by atoms with Gasteiger partial charge in [0, 0.05) is 32.7 Å². The quantitative estimate of drug-likeness (QED) is 0.704. The monoisotopic (exact) mass is 375 g/mol. The SMILES string of the molecule is Cc1cccc(CN2CCN(C(=O)c3nn(-c4ccccc4)nc3C)CC2)c1. The number of hydrogen-bond acceptors (Lipinski definition) is 4. The highest BCUT2D eigenvalue weighted by Crippen LogP contribution is 2.14. The third-order valence-electron chi connectivity index (χ3n) is 5.12. The van der Waals surface area contributed by atoms with Crippen molar-refractivity contribution >= 4 is 5.91 Å². The molecule has 2 aromatic carbocycles. The van der Waals surface area contributed by atoms with E-state index in [1.165, 1.54) is 15.9 Å². The fourth-order valence-corrected chi connectivity index (χ4v) is 3.58. The lowest BCUT2D eigenvalue weighted by atomic mass is 10.1. The molecular weight excluding hydrogens is 350 g/mol. The summed E-state index contributed by atoms with van der Waals surface area (Å²) in [5, 5.41) is 8.88. The fourth-order valence-electron chi connectivity index (χ4n) is 3.58. The van der Waals surface area contributed by atoms with E-state index in [2.05, 4.69) is 46.3 Å². The Bertz CT molecular complexity index is 958. The molecule has 1 aromatic heterocycles. The molecule has 1 amide bonds. The Morgan fingerprint density at radius 3 is 2.39 bits per heavy atom. The number of piperazine rings is 1. The Kier molecular flexibility index (Phi) is 5.21. The van der Waals surface area contributed by atoms with Crippen molar-refractivity contribution in [3.05, 3.63) is 77.1 Å². The number of carbonyl (C=O) groups is 1. The Labute approximate surface area is 165 Å². The summed E-state index contributed by atoms with van der Waals surface area (Å²) in [4.78, 5) is 18.8. The third kappa shape index (κ3) is 3.97. The average molecular weight is 375 g/mol. The lowest BCUT2D eigenvalue weighted by Crippen LogP contribution is -2.48. The molecule has 0 unspecified atom stereocenters. The molecule has 28 heavy (non-hydrogen) atoms. The van der Waals surface area contributed by atoms with Gasteiger partial charge in [-0.05, 0) is 31.5 Å². The summed E-state index contributed by atoms with van der Waals surface area (Å²) >= 11 is 0. The molecule has 1 aliphatic heterocycles. The zero-order chi connectivity index (χ0) is 19.5. The molecule has 0 radical (unpaired) electrons. The Hall–Kier alpha value is -2.99. The van der Waals surface area contributed by atoms with E-state index in [0.717, 1.165) is 25.3 Å². The molecule has 0 aliphatic carbocycles. The fraction of sp³-hybridized carbons (Fsp3) is 0.318. The summed E-state index contributed by atoms with van der Waals surface area (Å²) in [7, 11) is 0. The van der Waals surface area contributed by atoms with Crippen molar-refractivity contribution in [3.8, 4) is 5.69 Å². The first-order chi connectivity index (χ1) is 13.6. The van der Waals surface area contributed by atoms with Gasteiger partial charge in [0.1, 0.15) is 0 Å². The van der Waals surface area contributed by atoms with Crippen LogP contribution in [0.15, 0.2) is 54.6 Å². The highest BCUT2D eigenvalue weighted by atomic mass is 16.2. The molecular formula is C22H25N5O. The Morgan fingerprint density at radius 2 is 1.68 bits per heavy atom. The maximum Gasteiger partial charge on any atom is 0.276 e. The van der Waals surface area contributed by atoms with Crippen molar-refractivity contribution in [2.75, 3.05) is 26.2 Å². The minimum Gasteiger partial charge on any atom is -0.335 e. The summed E-state index contributed by atoms with van der Waals surface area (Å²) < 4.78 is 0. The molecule has 1 saturated heterocycles. The first-order valence-corrected chi connectivity index (χ1v) is 9.67. The van der Waals surface area contributed by atoms with Crippen LogP contribution in [0.25, 0.3) is 5.69 Å². The number of aromatic nitrogens is 3. The molecule has 6 heteroatoms. The van der Waals surface area contributed by atoms with Crippen LogP contribution in [0.4, 0.5) is 0 Å². The summed E-state index contributed by atoms with van der Waals surface area (Å²) in [5.41, 5.74) is 4.56. The summed E-state index contributed by atoms with van der Waals surface area (Å²) in [5.74, 6) is -0.0325. The lowest BCUT2D eigenvalue weighted by molar-refractivity contribution is 0.0621. The van der Waals surface area contributed by atoms with Gasteiger partial charge in [-0.3, -0.25) is 9.69 Å². The number of rotatable bonds is 4. The molecule has 0 bridgehead atoms. The molecule has 2 heterocycles. The van der Waals surface area contributed by atoms with E-state index >= 15 is 0 Å². The highest BCUT2D eigenvalue weighted by Gasteiger charge is 2.26. The first kappa shape index (κ1) is 18.4. The van der Waals surface area contributed by atoms with Gasteiger partial charge in [-0.15, -0.1) is 5.10 Å². The second-order valence-electron chi connectivity index (χ2n) is 7.32. The van der Waals surface area contributed by atoms with Gasteiger partial charge in [0.2, 0.25) is 0 Å².